The number of carbonyl (C=O) groups is 2. The molecule has 8 nitrogen and oxygen atoms in total. The fourth-order valence-corrected chi connectivity index (χ4v) is 4.78. The minimum Gasteiger partial charge on any atom is -0.472 e. The Morgan fingerprint density at radius 2 is 2.08 bits per heavy atom. The molecule has 1 aliphatic carbocycles. The van der Waals surface area contributed by atoms with Crippen molar-refractivity contribution in [2.24, 2.45) is 5.92 Å². The quantitative estimate of drug-likeness (QED) is 0.637. The fraction of sp³-hybridized carbons (Fsp3) is 0.500. The first-order chi connectivity index (χ1) is 17.4. The number of likely N-dealkylation sites (N-methyl/N-ethyl adjacent to an activating group) is 1. The molecule has 0 fully saturated rings. The molecule has 0 radical (unpaired) electrons. The van der Waals surface area contributed by atoms with E-state index >= 15 is 0 Å². The van der Waals surface area contributed by atoms with Gasteiger partial charge in [-0.05, 0) is 67.5 Å². The summed E-state index contributed by atoms with van der Waals surface area (Å²) in [6.45, 7) is 4.47. The first-order valence-electron chi connectivity index (χ1n) is 12.8. The van der Waals surface area contributed by atoms with Gasteiger partial charge in [-0.3, -0.25) is 14.6 Å². The summed E-state index contributed by atoms with van der Waals surface area (Å²) in [6.07, 6.45) is 11.6. The molecule has 0 saturated carbocycles. The Morgan fingerprint density at radius 1 is 1.31 bits per heavy atom. The van der Waals surface area contributed by atoms with Gasteiger partial charge in [0, 0.05) is 38.1 Å². The highest BCUT2D eigenvalue weighted by molar-refractivity contribution is 5.97. The minimum atomic E-state index is -0.371. The third kappa shape index (κ3) is 5.93. The number of pyridine rings is 2. The standard InChI is InChI=1S/C28H36N4O4/c1-19-16-32(20(2)18-33)28(35)24-14-23(22-7-5-4-6-8-22)15-30-27(24)36-25(19)17-31(3)26(34)13-21-9-11-29-12-10-21/h7,9-12,14-15,19-20,25,33H,4-6,8,13,16-18H2,1-3H3/t19-,20-,25-/m0/s1. The van der Waals surface area contributed by atoms with Crippen LogP contribution in [0.4, 0.5) is 0 Å². The lowest BCUT2D eigenvalue weighted by atomic mass is 9.93. The van der Waals surface area contributed by atoms with Crippen LogP contribution in [0, 0.1) is 5.92 Å². The third-order valence-electron chi connectivity index (χ3n) is 7.17. The molecule has 4 rings (SSSR count). The molecular formula is C28H36N4O4. The summed E-state index contributed by atoms with van der Waals surface area (Å²) in [5, 5.41) is 9.88. The van der Waals surface area contributed by atoms with Crippen molar-refractivity contribution in [3.8, 4) is 5.88 Å². The summed E-state index contributed by atoms with van der Waals surface area (Å²) < 4.78 is 6.35. The smallest absolute Gasteiger partial charge is 0.259 e. The van der Waals surface area contributed by atoms with Gasteiger partial charge in [-0.25, -0.2) is 4.98 Å². The first-order valence-corrected chi connectivity index (χ1v) is 12.8. The Bertz CT molecular complexity index is 1100. The average Bonchev–Trinajstić information content (AvgIpc) is 2.91. The van der Waals surface area contributed by atoms with Gasteiger partial charge in [0.1, 0.15) is 11.7 Å². The number of aliphatic hydroxyl groups excluding tert-OH is 1. The molecule has 3 atom stereocenters. The maximum atomic E-state index is 13.6. The number of rotatable bonds is 7. The van der Waals surface area contributed by atoms with Crippen LogP contribution in [0.25, 0.3) is 5.57 Å². The molecule has 2 amide bonds. The van der Waals surface area contributed by atoms with Crippen LogP contribution in [-0.4, -0.2) is 75.6 Å². The summed E-state index contributed by atoms with van der Waals surface area (Å²) in [6, 6.07) is 5.19. The number of aromatic nitrogens is 2. The van der Waals surface area contributed by atoms with Crippen molar-refractivity contribution in [1.82, 2.24) is 19.8 Å². The van der Waals surface area contributed by atoms with Crippen molar-refractivity contribution in [2.75, 3.05) is 26.7 Å². The van der Waals surface area contributed by atoms with E-state index < -0.39 is 0 Å². The van der Waals surface area contributed by atoms with Crippen molar-refractivity contribution in [1.29, 1.82) is 0 Å². The SMILES string of the molecule is C[C@H]1CN([C@@H](C)CO)C(=O)c2cc(C3=CCCCC3)cnc2O[C@H]1CN(C)C(=O)Cc1ccncc1. The number of fused-ring (bicyclic) bond motifs is 1. The topological polar surface area (TPSA) is 95.9 Å². The van der Waals surface area contributed by atoms with E-state index in [-0.39, 0.29) is 48.8 Å². The number of hydrogen-bond acceptors (Lipinski definition) is 6. The van der Waals surface area contributed by atoms with Crippen molar-refractivity contribution in [2.45, 2.75) is 58.1 Å². The molecule has 0 unspecified atom stereocenters. The van der Waals surface area contributed by atoms with Crippen LogP contribution in [0.15, 0.2) is 42.9 Å². The molecule has 2 aromatic rings. The van der Waals surface area contributed by atoms with E-state index in [1.165, 1.54) is 12.0 Å². The molecule has 192 valence electrons. The Labute approximate surface area is 213 Å². The Morgan fingerprint density at radius 3 is 2.78 bits per heavy atom. The zero-order valence-electron chi connectivity index (χ0n) is 21.4. The number of nitrogens with zero attached hydrogens (tertiary/aromatic N) is 4. The summed E-state index contributed by atoms with van der Waals surface area (Å²) in [4.78, 5) is 38.5. The zero-order valence-corrected chi connectivity index (χ0v) is 21.4. The van der Waals surface area contributed by atoms with Gasteiger partial charge in [-0.1, -0.05) is 13.0 Å². The van der Waals surface area contributed by atoms with Crippen LogP contribution in [-0.2, 0) is 11.2 Å². The molecule has 8 heteroatoms. The maximum Gasteiger partial charge on any atom is 0.259 e. The van der Waals surface area contributed by atoms with Gasteiger partial charge in [-0.2, -0.15) is 0 Å². The molecule has 0 bridgehead atoms. The highest BCUT2D eigenvalue weighted by Crippen LogP contribution is 2.32. The monoisotopic (exact) mass is 492 g/mol. The van der Waals surface area contributed by atoms with Crippen LogP contribution in [0.1, 0.15) is 61.0 Å². The van der Waals surface area contributed by atoms with E-state index in [4.69, 9.17) is 4.74 Å². The molecule has 0 saturated heterocycles. The highest BCUT2D eigenvalue weighted by atomic mass is 16.5. The number of amides is 2. The van der Waals surface area contributed by atoms with Crippen LogP contribution in [0.5, 0.6) is 5.88 Å². The Balaban J connectivity index is 1.61. The van der Waals surface area contributed by atoms with Gasteiger partial charge >= 0.3 is 0 Å². The third-order valence-corrected chi connectivity index (χ3v) is 7.17. The van der Waals surface area contributed by atoms with Gasteiger partial charge in [0.2, 0.25) is 11.8 Å². The molecule has 0 spiro atoms. The van der Waals surface area contributed by atoms with E-state index in [2.05, 4.69) is 16.0 Å². The number of aliphatic hydroxyl groups is 1. The summed E-state index contributed by atoms with van der Waals surface area (Å²) in [5.74, 6) is -0.0233. The summed E-state index contributed by atoms with van der Waals surface area (Å²) in [7, 11) is 1.77. The van der Waals surface area contributed by atoms with E-state index in [0.29, 0.717) is 18.7 Å². The Hall–Kier alpha value is -3.26. The fourth-order valence-electron chi connectivity index (χ4n) is 4.78. The second kappa shape index (κ2) is 11.6. The van der Waals surface area contributed by atoms with E-state index in [1.807, 2.05) is 32.0 Å². The van der Waals surface area contributed by atoms with Crippen LogP contribution < -0.4 is 4.74 Å². The van der Waals surface area contributed by atoms with Gasteiger partial charge < -0.3 is 19.6 Å². The van der Waals surface area contributed by atoms with Gasteiger partial charge in [-0.15, -0.1) is 0 Å². The lowest BCUT2D eigenvalue weighted by molar-refractivity contribution is -0.130. The van der Waals surface area contributed by atoms with Crippen molar-refractivity contribution in [3.63, 3.8) is 0 Å². The number of carbonyl (C=O) groups excluding carboxylic acids is 2. The lowest BCUT2D eigenvalue weighted by Gasteiger charge is -2.37. The normalized spacial score (nSPS) is 20.9. The number of allylic oxidation sites excluding steroid dienone is 2. The molecule has 36 heavy (non-hydrogen) atoms. The van der Waals surface area contributed by atoms with Crippen LogP contribution in [0.2, 0.25) is 0 Å². The predicted octanol–water partition coefficient (Wildman–Crippen LogP) is 3.36. The van der Waals surface area contributed by atoms with Crippen molar-refractivity contribution < 1.29 is 19.4 Å². The molecule has 1 N–H and O–H groups in total. The van der Waals surface area contributed by atoms with E-state index in [9.17, 15) is 14.7 Å². The number of hydrogen-bond donors (Lipinski definition) is 1. The first kappa shape index (κ1) is 25.8. The number of ether oxygens (including phenoxy) is 1. The zero-order chi connectivity index (χ0) is 25.7. The highest BCUT2D eigenvalue weighted by Gasteiger charge is 2.35. The Kier molecular flexibility index (Phi) is 8.36. The summed E-state index contributed by atoms with van der Waals surface area (Å²) >= 11 is 0. The second-order valence-corrected chi connectivity index (χ2v) is 9.98. The molecule has 2 aliphatic rings. The van der Waals surface area contributed by atoms with Gasteiger partial charge in [0.25, 0.3) is 5.91 Å². The van der Waals surface area contributed by atoms with Gasteiger partial charge in [0.05, 0.1) is 25.6 Å². The van der Waals surface area contributed by atoms with Gasteiger partial charge in [0.15, 0.2) is 0 Å². The molecule has 2 aromatic heterocycles. The largest absolute Gasteiger partial charge is 0.472 e. The van der Waals surface area contributed by atoms with Crippen molar-refractivity contribution in [3.05, 3.63) is 59.6 Å². The maximum absolute atomic E-state index is 13.6. The summed E-state index contributed by atoms with van der Waals surface area (Å²) in [5.41, 5.74) is 3.46. The molecule has 0 aromatic carbocycles. The minimum absolute atomic E-state index is 0.0246. The average molecular weight is 493 g/mol. The lowest BCUT2D eigenvalue weighted by Crippen LogP contribution is -2.50. The molecular weight excluding hydrogens is 456 g/mol. The molecule has 3 heterocycles. The molecule has 1 aliphatic heterocycles. The van der Waals surface area contributed by atoms with Crippen LogP contribution >= 0.6 is 0 Å². The van der Waals surface area contributed by atoms with E-state index in [0.717, 1.165) is 30.4 Å². The predicted molar refractivity (Wildman–Crippen MR) is 137 cm³/mol. The van der Waals surface area contributed by atoms with E-state index in [1.54, 1.807) is 35.4 Å². The second-order valence-electron chi connectivity index (χ2n) is 9.98. The van der Waals surface area contributed by atoms with Crippen molar-refractivity contribution >= 4 is 17.4 Å². The van der Waals surface area contributed by atoms with Crippen LogP contribution in [0.3, 0.4) is 0 Å².